The molecule has 1 aliphatic heterocycles. The number of aryl methyl sites for hydroxylation is 1. The summed E-state index contributed by atoms with van der Waals surface area (Å²) >= 11 is 0. The van der Waals surface area contributed by atoms with Crippen LogP contribution < -0.4 is 0 Å². The Hall–Kier alpha value is -3.81. The standard InChI is InChI=1S/C22H20N6O2/c1-15-9-10-18(28-23-11-12-24-28)17(14-15)22(29)27-13-5-8-19(27)20-25-21(30-26-20)16-6-3-2-4-7-16/h2-4,6-7,9-12,14,19H,5,8,13H2,1H3. The van der Waals surface area contributed by atoms with Gasteiger partial charge in [-0.25, -0.2) is 0 Å². The first kappa shape index (κ1) is 18.2. The monoisotopic (exact) mass is 400 g/mol. The third kappa shape index (κ3) is 3.26. The fraction of sp³-hybridized carbons (Fsp3) is 0.227. The molecule has 4 aromatic rings. The molecule has 8 nitrogen and oxygen atoms in total. The van der Waals surface area contributed by atoms with Crippen molar-refractivity contribution in [3.05, 3.63) is 77.9 Å². The summed E-state index contributed by atoms with van der Waals surface area (Å²) in [7, 11) is 0. The second kappa shape index (κ2) is 7.55. The highest BCUT2D eigenvalue weighted by Crippen LogP contribution is 2.33. The Labute approximate surface area is 173 Å². The number of aromatic nitrogens is 5. The lowest BCUT2D eigenvalue weighted by Crippen LogP contribution is -2.32. The molecule has 150 valence electrons. The molecule has 0 spiro atoms. The van der Waals surface area contributed by atoms with E-state index in [1.807, 2.05) is 60.4 Å². The molecule has 8 heteroatoms. The first-order chi connectivity index (χ1) is 14.7. The van der Waals surface area contributed by atoms with E-state index in [9.17, 15) is 4.79 Å². The molecule has 2 aromatic heterocycles. The molecule has 0 aliphatic carbocycles. The van der Waals surface area contributed by atoms with Crippen molar-refractivity contribution >= 4 is 5.91 Å². The molecule has 0 radical (unpaired) electrons. The lowest BCUT2D eigenvalue weighted by atomic mass is 10.1. The molecule has 0 N–H and O–H groups in total. The van der Waals surface area contributed by atoms with Crippen molar-refractivity contribution in [1.29, 1.82) is 0 Å². The second-order valence-corrected chi connectivity index (χ2v) is 7.32. The molecule has 1 saturated heterocycles. The highest BCUT2D eigenvalue weighted by molar-refractivity contribution is 5.98. The van der Waals surface area contributed by atoms with Gasteiger partial charge in [0.15, 0.2) is 5.82 Å². The summed E-state index contributed by atoms with van der Waals surface area (Å²) in [5.41, 5.74) is 3.07. The third-order valence-corrected chi connectivity index (χ3v) is 5.29. The molecule has 3 heterocycles. The van der Waals surface area contributed by atoms with E-state index in [1.54, 1.807) is 12.4 Å². The van der Waals surface area contributed by atoms with E-state index in [-0.39, 0.29) is 11.9 Å². The molecule has 30 heavy (non-hydrogen) atoms. The SMILES string of the molecule is Cc1ccc(-n2nccn2)c(C(=O)N2CCCC2c2noc(-c3ccccc3)n2)c1. The van der Waals surface area contributed by atoms with Crippen molar-refractivity contribution in [3.63, 3.8) is 0 Å². The summed E-state index contributed by atoms with van der Waals surface area (Å²) in [6.45, 7) is 2.60. The molecule has 0 bridgehead atoms. The largest absolute Gasteiger partial charge is 0.334 e. The van der Waals surface area contributed by atoms with Crippen molar-refractivity contribution in [2.45, 2.75) is 25.8 Å². The third-order valence-electron chi connectivity index (χ3n) is 5.29. The number of amides is 1. The van der Waals surface area contributed by atoms with E-state index in [0.29, 0.717) is 29.5 Å². The molecule has 0 saturated carbocycles. The van der Waals surface area contributed by atoms with Crippen LogP contribution in [0.4, 0.5) is 0 Å². The zero-order valence-corrected chi connectivity index (χ0v) is 16.5. The number of carbonyl (C=O) groups is 1. The van der Waals surface area contributed by atoms with Crippen LogP contribution in [-0.4, -0.2) is 42.5 Å². The van der Waals surface area contributed by atoms with Crippen LogP contribution in [0.2, 0.25) is 0 Å². The minimum absolute atomic E-state index is 0.0837. The number of carbonyl (C=O) groups excluding carboxylic acids is 1. The Morgan fingerprint density at radius 2 is 1.90 bits per heavy atom. The van der Waals surface area contributed by atoms with Crippen LogP contribution in [0.15, 0.2) is 65.4 Å². The zero-order chi connectivity index (χ0) is 20.5. The van der Waals surface area contributed by atoms with E-state index in [2.05, 4.69) is 20.3 Å². The predicted molar refractivity (Wildman–Crippen MR) is 109 cm³/mol. The average Bonchev–Trinajstić information content (AvgIpc) is 3.55. The quantitative estimate of drug-likeness (QED) is 0.520. The maximum absolute atomic E-state index is 13.5. The predicted octanol–water partition coefficient (Wildman–Crippen LogP) is 3.60. The van der Waals surface area contributed by atoms with Crippen LogP contribution in [0, 0.1) is 6.92 Å². The van der Waals surface area contributed by atoms with E-state index in [4.69, 9.17) is 4.52 Å². The second-order valence-electron chi connectivity index (χ2n) is 7.32. The summed E-state index contributed by atoms with van der Waals surface area (Å²) in [5.74, 6) is 0.910. The van der Waals surface area contributed by atoms with Crippen LogP contribution in [0.25, 0.3) is 17.1 Å². The summed E-state index contributed by atoms with van der Waals surface area (Å²) in [6.07, 6.45) is 4.86. The minimum atomic E-state index is -0.224. The van der Waals surface area contributed by atoms with Gasteiger partial charge in [0.05, 0.1) is 29.7 Å². The van der Waals surface area contributed by atoms with Crippen LogP contribution in [-0.2, 0) is 0 Å². The Bertz CT molecular complexity index is 1170. The van der Waals surface area contributed by atoms with Gasteiger partial charge in [0.2, 0.25) is 0 Å². The molecule has 2 aromatic carbocycles. The lowest BCUT2D eigenvalue weighted by Gasteiger charge is -2.23. The number of benzene rings is 2. The van der Waals surface area contributed by atoms with Gasteiger partial charge in [0.25, 0.3) is 11.8 Å². The maximum atomic E-state index is 13.5. The van der Waals surface area contributed by atoms with Gasteiger partial charge in [0.1, 0.15) is 0 Å². The topological polar surface area (TPSA) is 89.9 Å². The number of hydrogen-bond acceptors (Lipinski definition) is 6. The van der Waals surface area contributed by atoms with E-state index in [1.165, 1.54) is 4.80 Å². The number of nitrogens with zero attached hydrogens (tertiary/aromatic N) is 6. The summed E-state index contributed by atoms with van der Waals surface area (Å²) in [4.78, 5) is 21.4. The van der Waals surface area contributed by atoms with Crippen LogP contribution in [0.3, 0.4) is 0 Å². The maximum Gasteiger partial charge on any atom is 0.257 e. The van der Waals surface area contributed by atoms with Gasteiger partial charge < -0.3 is 9.42 Å². The van der Waals surface area contributed by atoms with Crippen LogP contribution in [0.1, 0.15) is 40.6 Å². The van der Waals surface area contributed by atoms with Crippen LogP contribution in [0.5, 0.6) is 0 Å². The minimum Gasteiger partial charge on any atom is -0.334 e. The number of hydrogen-bond donors (Lipinski definition) is 0. The summed E-state index contributed by atoms with van der Waals surface area (Å²) < 4.78 is 5.48. The molecule has 1 atom stereocenters. The smallest absolute Gasteiger partial charge is 0.257 e. The van der Waals surface area contributed by atoms with Gasteiger partial charge in [-0.05, 0) is 44.0 Å². The number of likely N-dealkylation sites (tertiary alicyclic amines) is 1. The summed E-state index contributed by atoms with van der Waals surface area (Å²) in [6, 6.07) is 15.1. The fourth-order valence-electron chi connectivity index (χ4n) is 3.84. The highest BCUT2D eigenvalue weighted by atomic mass is 16.5. The Morgan fingerprint density at radius 3 is 2.70 bits per heavy atom. The van der Waals surface area contributed by atoms with Crippen molar-refractivity contribution < 1.29 is 9.32 Å². The summed E-state index contributed by atoms with van der Waals surface area (Å²) in [5, 5.41) is 12.6. The van der Waals surface area contributed by atoms with Crippen molar-refractivity contribution in [2.75, 3.05) is 6.54 Å². The van der Waals surface area contributed by atoms with Crippen molar-refractivity contribution in [3.8, 4) is 17.1 Å². The fourth-order valence-corrected chi connectivity index (χ4v) is 3.84. The average molecular weight is 400 g/mol. The van der Waals surface area contributed by atoms with Crippen LogP contribution >= 0.6 is 0 Å². The van der Waals surface area contributed by atoms with E-state index in [0.717, 1.165) is 24.0 Å². The lowest BCUT2D eigenvalue weighted by molar-refractivity contribution is 0.0728. The Balaban J connectivity index is 1.47. The normalized spacial score (nSPS) is 16.2. The van der Waals surface area contributed by atoms with Gasteiger partial charge in [-0.1, -0.05) is 35.0 Å². The van der Waals surface area contributed by atoms with Crippen molar-refractivity contribution in [1.82, 2.24) is 30.0 Å². The van der Waals surface area contributed by atoms with Gasteiger partial charge >= 0.3 is 0 Å². The first-order valence-corrected chi connectivity index (χ1v) is 9.88. The number of rotatable bonds is 4. The molecule has 1 fully saturated rings. The molecular weight excluding hydrogens is 380 g/mol. The highest BCUT2D eigenvalue weighted by Gasteiger charge is 2.35. The van der Waals surface area contributed by atoms with Crippen molar-refractivity contribution in [2.24, 2.45) is 0 Å². The zero-order valence-electron chi connectivity index (χ0n) is 16.5. The Kier molecular flexibility index (Phi) is 4.59. The molecule has 5 rings (SSSR count). The molecule has 1 amide bonds. The molecule has 1 unspecified atom stereocenters. The molecular formula is C22H20N6O2. The van der Waals surface area contributed by atoms with E-state index < -0.39 is 0 Å². The van der Waals surface area contributed by atoms with Gasteiger partial charge in [-0.3, -0.25) is 4.79 Å². The Morgan fingerprint density at radius 1 is 1.10 bits per heavy atom. The molecule has 1 aliphatic rings. The van der Waals surface area contributed by atoms with Gasteiger partial charge in [-0.2, -0.15) is 20.0 Å². The van der Waals surface area contributed by atoms with Gasteiger partial charge in [-0.15, -0.1) is 0 Å². The van der Waals surface area contributed by atoms with E-state index >= 15 is 0 Å². The van der Waals surface area contributed by atoms with Gasteiger partial charge in [0, 0.05) is 12.1 Å². The first-order valence-electron chi connectivity index (χ1n) is 9.88.